The highest BCUT2D eigenvalue weighted by molar-refractivity contribution is 6.04. The highest BCUT2D eigenvalue weighted by atomic mass is 16.5. The van der Waals surface area contributed by atoms with Crippen molar-refractivity contribution in [3.8, 4) is 0 Å². The summed E-state index contributed by atoms with van der Waals surface area (Å²) in [6.45, 7) is 10.1. The van der Waals surface area contributed by atoms with Crippen molar-refractivity contribution in [3.63, 3.8) is 0 Å². The van der Waals surface area contributed by atoms with Crippen LogP contribution in [0, 0.1) is 0 Å². The number of hydrogen-bond acceptors (Lipinski definition) is 8. The fourth-order valence-electron chi connectivity index (χ4n) is 8.50. The topological polar surface area (TPSA) is 105 Å². The lowest BCUT2D eigenvalue weighted by Crippen LogP contribution is -2.18. The van der Waals surface area contributed by atoms with E-state index in [9.17, 15) is 19.2 Å². The Labute approximate surface area is 402 Å². The van der Waals surface area contributed by atoms with Crippen molar-refractivity contribution >= 4 is 23.9 Å². The number of hydrogen-bond donors (Lipinski definition) is 0. The van der Waals surface area contributed by atoms with Crippen LogP contribution in [0.1, 0.15) is 286 Å². The molecule has 0 aliphatic rings. The number of aryl methyl sites for hydroxylation is 2. The van der Waals surface area contributed by atoms with Gasteiger partial charge in [0.25, 0.3) is 0 Å². The van der Waals surface area contributed by atoms with Crippen LogP contribution in [0.5, 0.6) is 0 Å². The van der Waals surface area contributed by atoms with Crippen molar-refractivity contribution in [2.75, 3.05) is 26.4 Å². The monoisotopic (exact) mass is 919 g/mol. The van der Waals surface area contributed by atoms with E-state index in [2.05, 4.69) is 27.7 Å². The quantitative estimate of drug-likeness (QED) is 0.0368. The molecule has 0 amide bonds. The van der Waals surface area contributed by atoms with Crippen molar-refractivity contribution in [1.29, 1.82) is 0 Å². The van der Waals surface area contributed by atoms with Crippen LogP contribution in [-0.4, -0.2) is 50.3 Å². The molecule has 0 heterocycles. The average molecular weight is 919 g/mol. The van der Waals surface area contributed by atoms with Crippen LogP contribution in [0.4, 0.5) is 0 Å². The van der Waals surface area contributed by atoms with Gasteiger partial charge in [0.15, 0.2) is 0 Å². The molecule has 0 aromatic heterocycles. The van der Waals surface area contributed by atoms with Gasteiger partial charge in [-0.1, -0.05) is 226 Å². The molecule has 2 rings (SSSR count). The maximum atomic E-state index is 13.9. The van der Waals surface area contributed by atoms with Gasteiger partial charge in [-0.15, -0.1) is 0 Å². The van der Waals surface area contributed by atoms with Gasteiger partial charge in [0, 0.05) is 0 Å². The number of carbonyl (C=O) groups excluding carboxylic acids is 4. The lowest BCUT2D eigenvalue weighted by Gasteiger charge is -2.15. The van der Waals surface area contributed by atoms with E-state index in [0.29, 0.717) is 31.6 Å². The second kappa shape index (κ2) is 40.4. The molecule has 0 aliphatic carbocycles. The Morgan fingerprint density at radius 2 is 0.667 bits per heavy atom. The van der Waals surface area contributed by atoms with Gasteiger partial charge in [0.2, 0.25) is 0 Å². The van der Waals surface area contributed by atoms with Gasteiger partial charge in [0.05, 0.1) is 48.7 Å². The van der Waals surface area contributed by atoms with E-state index in [1.54, 1.807) is 24.3 Å². The third-order valence-electron chi connectivity index (χ3n) is 12.7. The van der Waals surface area contributed by atoms with E-state index in [4.69, 9.17) is 18.9 Å². The van der Waals surface area contributed by atoms with Gasteiger partial charge in [-0.3, -0.25) is 0 Å². The zero-order chi connectivity index (χ0) is 47.7. The number of carbonyl (C=O) groups is 4. The van der Waals surface area contributed by atoms with Crippen molar-refractivity contribution in [1.82, 2.24) is 0 Å². The van der Waals surface area contributed by atoms with E-state index in [-0.39, 0.29) is 35.5 Å². The molecule has 0 unspecified atom stereocenters. The predicted molar refractivity (Wildman–Crippen MR) is 272 cm³/mol. The highest BCUT2D eigenvalue weighted by Gasteiger charge is 2.24. The molecular weight excluding hydrogens is 825 g/mol. The maximum Gasteiger partial charge on any atom is 0.339 e. The minimum Gasteiger partial charge on any atom is -0.462 e. The third-order valence-corrected chi connectivity index (χ3v) is 12.7. The summed E-state index contributed by atoms with van der Waals surface area (Å²) in [5, 5.41) is 0. The van der Waals surface area contributed by atoms with Gasteiger partial charge in [-0.05, 0) is 67.9 Å². The van der Waals surface area contributed by atoms with Crippen molar-refractivity contribution in [2.24, 2.45) is 0 Å². The number of benzene rings is 2. The second-order valence-corrected chi connectivity index (χ2v) is 18.7. The lowest BCUT2D eigenvalue weighted by molar-refractivity contribution is 0.0449. The molecule has 0 saturated heterocycles. The first-order valence-corrected chi connectivity index (χ1v) is 27.3. The van der Waals surface area contributed by atoms with Crippen LogP contribution >= 0.6 is 0 Å². The molecule has 0 saturated carbocycles. The molecule has 0 bridgehead atoms. The van der Waals surface area contributed by atoms with Gasteiger partial charge in [-0.2, -0.15) is 0 Å². The Balaban J connectivity index is 2.20. The summed E-state index contributed by atoms with van der Waals surface area (Å²) in [5.74, 6) is -2.10. The van der Waals surface area contributed by atoms with E-state index < -0.39 is 23.9 Å². The molecule has 0 atom stereocenters. The zero-order valence-corrected chi connectivity index (χ0v) is 42.6. The normalized spacial score (nSPS) is 11.2. The second-order valence-electron chi connectivity index (χ2n) is 18.7. The van der Waals surface area contributed by atoms with Crippen LogP contribution in [-0.2, 0) is 31.8 Å². The molecular formula is C58H94O8. The fourth-order valence-corrected chi connectivity index (χ4v) is 8.50. The first kappa shape index (κ1) is 58.4. The number of esters is 4. The molecule has 0 fully saturated rings. The SMILES string of the molecule is CCCCCCCCCCOC(=O)c1ccc(CCc2cccc(C(=O)OCCCCCCCCCC)c2C(=O)OCCCCCCCCCC)cc1C(=O)OCCCCCCCCCC. The fraction of sp³-hybridized carbons (Fsp3) is 0.724. The number of rotatable bonds is 43. The lowest BCUT2D eigenvalue weighted by atomic mass is 9.94. The molecule has 374 valence electrons. The Hall–Kier alpha value is -3.68. The number of ether oxygens (including phenoxy) is 4. The van der Waals surface area contributed by atoms with E-state index >= 15 is 0 Å². The van der Waals surface area contributed by atoms with Gasteiger partial charge in [0.1, 0.15) is 0 Å². The summed E-state index contributed by atoms with van der Waals surface area (Å²) >= 11 is 0. The minimum absolute atomic E-state index is 0.191. The molecule has 0 aliphatic heterocycles. The maximum absolute atomic E-state index is 13.9. The van der Waals surface area contributed by atoms with Gasteiger partial charge < -0.3 is 18.9 Å². The Bertz CT molecular complexity index is 1570. The summed E-state index contributed by atoms with van der Waals surface area (Å²) in [7, 11) is 0. The summed E-state index contributed by atoms with van der Waals surface area (Å²) in [4.78, 5) is 54.6. The molecule has 66 heavy (non-hydrogen) atoms. The predicted octanol–water partition coefficient (Wildman–Crippen LogP) is 16.7. The first-order chi connectivity index (χ1) is 32.4. The zero-order valence-electron chi connectivity index (χ0n) is 42.6. The van der Waals surface area contributed by atoms with Crippen LogP contribution in [0.3, 0.4) is 0 Å². The largest absolute Gasteiger partial charge is 0.462 e. The standard InChI is InChI=1S/C58H94O8/c1-5-9-13-17-21-25-29-33-44-63-55(59)51-43-41-49(48-53(51)57(61)65-46-35-31-27-23-19-15-11-7-3)40-42-50-38-37-39-52(56(60)64-45-34-30-26-22-18-14-10-6-2)54(50)58(62)66-47-36-32-28-24-20-16-12-8-4/h37-39,41,43,48H,5-36,40,42,44-47H2,1-4H3. The van der Waals surface area contributed by atoms with E-state index in [1.807, 2.05) is 12.1 Å². The smallest absolute Gasteiger partial charge is 0.339 e. The summed E-state index contributed by atoms with van der Waals surface area (Å²) in [6, 6.07) is 10.5. The molecule has 0 N–H and O–H groups in total. The van der Waals surface area contributed by atoms with Crippen molar-refractivity contribution in [3.05, 3.63) is 69.8 Å². The van der Waals surface area contributed by atoms with Gasteiger partial charge in [-0.25, -0.2) is 19.2 Å². The van der Waals surface area contributed by atoms with Crippen LogP contribution in [0.15, 0.2) is 36.4 Å². The minimum atomic E-state index is -0.537. The summed E-state index contributed by atoms with van der Waals surface area (Å²) in [6.07, 6.45) is 37.2. The third kappa shape index (κ3) is 27.2. The van der Waals surface area contributed by atoms with E-state index in [1.165, 1.54) is 128 Å². The first-order valence-electron chi connectivity index (χ1n) is 27.3. The van der Waals surface area contributed by atoms with Crippen molar-refractivity contribution < 1.29 is 38.1 Å². The van der Waals surface area contributed by atoms with Crippen LogP contribution in [0.25, 0.3) is 0 Å². The van der Waals surface area contributed by atoms with E-state index in [0.717, 1.165) is 82.6 Å². The molecule has 8 heteroatoms. The average Bonchev–Trinajstić information content (AvgIpc) is 3.33. The highest BCUT2D eigenvalue weighted by Crippen LogP contribution is 2.23. The Kier molecular flexibility index (Phi) is 35.8. The summed E-state index contributed by atoms with van der Waals surface area (Å²) < 4.78 is 23.1. The van der Waals surface area contributed by atoms with Crippen LogP contribution in [0.2, 0.25) is 0 Å². The summed E-state index contributed by atoms with van der Waals surface area (Å²) in [5.41, 5.74) is 2.32. The van der Waals surface area contributed by atoms with Gasteiger partial charge >= 0.3 is 23.9 Å². The molecule has 2 aromatic carbocycles. The Morgan fingerprint density at radius 3 is 1.06 bits per heavy atom. The molecule has 0 radical (unpaired) electrons. The number of unbranched alkanes of at least 4 members (excludes halogenated alkanes) is 28. The molecule has 2 aromatic rings. The van der Waals surface area contributed by atoms with Crippen LogP contribution < -0.4 is 0 Å². The van der Waals surface area contributed by atoms with Crippen molar-refractivity contribution in [2.45, 2.75) is 246 Å². The molecule has 0 spiro atoms. The molecule has 8 nitrogen and oxygen atoms in total. The Morgan fingerprint density at radius 1 is 0.333 bits per heavy atom.